The summed E-state index contributed by atoms with van der Waals surface area (Å²) in [5.41, 5.74) is 2.85. The number of guanidine groups is 1. The maximum atomic E-state index is 12.7. The first-order chi connectivity index (χ1) is 14.2. The predicted octanol–water partition coefficient (Wildman–Crippen LogP) is 3.31. The Morgan fingerprint density at radius 2 is 1.97 bits per heavy atom. The molecule has 0 radical (unpaired) electrons. The molecule has 4 rings (SSSR count). The third-order valence-electron chi connectivity index (χ3n) is 6.33. The normalized spacial score (nSPS) is 18.4. The maximum Gasteiger partial charge on any atom is 0.242 e. The van der Waals surface area contributed by atoms with Crippen molar-refractivity contribution in [2.24, 2.45) is 4.99 Å². The van der Waals surface area contributed by atoms with Crippen molar-refractivity contribution in [2.75, 3.05) is 26.7 Å². The van der Waals surface area contributed by atoms with Crippen LogP contribution in [0.3, 0.4) is 0 Å². The lowest BCUT2D eigenvalue weighted by Crippen LogP contribution is -2.48. The summed E-state index contributed by atoms with van der Waals surface area (Å²) in [5.74, 6) is 0.831. The Bertz CT molecular complexity index is 855. The molecule has 6 heteroatoms. The number of carbonyl (C=O) groups excluding carboxylic acids is 1. The number of amides is 1. The monoisotopic (exact) mass is 410 g/mol. The summed E-state index contributed by atoms with van der Waals surface area (Å²) in [7, 11) is 1.77. The van der Waals surface area contributed by atoms with Crippen molar-refractivity contribution in [1.29, 1.82) is 0 Å². The number of benzene rings is 1. The van der Waals surface area contributed by atoms with E-state index in [9.17, 15) is 4.79 Å². The average molecular weight is 411 g/mol. The van der Waals surface area contributed by atoms with Crippen LogP contribution in [0.2, 0.25) is 0 Å². The van der Waals surface area contributed by atoms with Gasteiger partial charge < -0.3 is 15.5 Å². The summed E-state index contributed by atoms with van der Waals surface area (Å²) >= 11 is 1.79. The van der Waals surface area contributed by atoms with Crippen molar-refractivity contribution >= 4 is 23.2 Å². The number of hydrogen-bond acceptors (Lipinski definition) is 3. The number of nitrogens with zero attached hydrogens (tertiary/aromatic N) is 2. The van der Waals surface area contributed by atoms with E-state index in [0.29, 0.717) is 5.96 Å². The Hall–Kier alpha value is -2.34. The number of carbonyl (C=O) groups is 1. The van der Waals surface area contributed by atoms with E-state index in [4.69, 9.17) is 0 Å². The molecule has 1 fully saturated rings. The van der Waals surface area contributed by atoms with Gasteiger partial charge in [-0.3, -0.25) is 9.79 Å². The zero-order chi connectivity index (χ0) is 20.1. The van der Waals surface area contributed by atoms with Crippen LogP contribution in [0.15, 0.2) is 46.8 Å². The molecule has 0 spiro atoms. The number of fused-ring (bicyclic) bond motifs is 1. The molecule has 0 unspecified atom stereocenters. The van der Waals surface area contributed by atoms with Gasteiger partial charge in [-0.1, -0.05) is 43.2 Å². The van der Waals surface area contributed by atoms with Crippen LogP contribution in [0.1, 0.15) is 41.7 Å². The zero-order valence-corrected chi connectivity index (χ0v) is 17.9. The van der Waals surface area contributed by atoms with Crippen LogP contribution >= 0.6 is 11.3 Å². The highest BCUT2D eigenvalue weighted by atomic mass is 32.1. The third-order valence-corrected chi connectivity index (χ3v) is 7.36. The van der Waals surface area contributed by atoms with Crippen LogP contribution in [0.4, 0.5) is 0 Å². The molecule has 0 saturated heterocycles. The largest absolute Gasteiger partial charge is 0.356 e. The van der Waals surface area contributed by atoms with Gasteiger partial charge >= 0.3 is 0 Å². The van der Waals surface area contributed by atoms with Crippen molar-refractivity contribution in [3.63, 3.8) is 0 Å². The summed E-state index contributed by atoms with van der Waals surface area (Å²) in [6.45, 7) is 2.64. The Labute approximate surface area is 177 Å². The fourth-order valence-corrected chi connectivity index (χ4v) is 5.51. The molecule has 2 aromatic rings. The molecule has 5 nitrogen and oxygen atoms in total. The molecule has 2 heterocycles. The third kappa shape index (κ3) is 4.47. The topological polar surface area (TPSA) is 56.7 Å². The quantitative estimate of drug-likeness (QED) is 0.587. The summed E-state index contributed by atoms with van der Waals surface area (Å²) in [5, 5.41) is 8.84. The first-order valence-electron chi connectivity index (χ1n) is 10.5. The summed E-state index contributed by atoms with van der Waals surface area (Å²) in [6, 6.07) is 12.9. The molecule has 154 valence electrons. The van der Waals surface area contributed by atoms with E-state index < -0.39 is 0 Å². The van der Waals surface area contributed by atoms with Gasteiger partial charge in [-0.15, -0.1) is 11.3 Å². The molecule has 1 saturated carbocycles. The lowest BCUT2D eigenvalue weighted by Gasteiger charge is -2.31. The number of nitrogens with one attached hydrogen (secondary N) is 2. The van der Waals surface area contributed by atoms with Crippen molar-refractivity contribution in [3.8, 4) is 0 Å². The molecule has 1 amide bonds. The molecule has 0 bridgehead atoms. The Morgan fingerprint density at radius 1 is 1.17 bits per heavy atom. The van der Waals surface area contributed by atoms with E-state index in [2.05, 4.69) is 57.4 Å². The van der Waals surface area contributed by atoms with Crippen molar-refractivity contribution in [1.82, 2.24) is 15.5 Å². The highest BCUT2D eigenvalue weighted by Crippen LogP contribution is 2.40. The van der Waals surface area contributed by atoms with E-state index >= 15 is 0 Å². The second kappa shape index (κ2) is 8.99. The summed E-state index contributed by atoms with van der Waals surface area (Å²) in [6.07, 6.45) is 5.87. The average Bonchev–Trinajstić information content (AvgIpc) is 3.44. The Morgan fingerprint density at radius 3 is 2.72 bits per heavy atom. The summed E-state index contributed by atoms with van der Waals surface area (Å²) < 4.78 is 0. The van der Waals surface area contributed by atoms with Crippen molar-refractivity contribution in [2.45, 2.75) is 44.1 Å². The second-order valence-electron chi connectivity index (χ2n) is 8.07. The Balaban J connectivity index is 1.31. The summed E-state index contributed by atoms with van der Waals surface area (Å²) in [4.78, 5) is 20.4. The molecule has 1 aliphatic heterocycles. The molecule has 1 aromatic heterocycles. The minimum Gasteiger partial charge on any atom is -0.356 e. The van der Waals surface area contributed by atoms with E-state index in [1.807, 2.05) is 4.90 Å². The first kappa shape index (κ1) is 20.0. The lowest BCUT2D eigenvalue weighted by molar-refractivity contribution is -0.130. The number of aliphatic imine (C=N–C) groups is 1. The van der Waals surface area contributed by atoms with Gasteiger partial charge in [-0.2, -0.15) is 0 Å². The van der Waals surface area contributed by atoms with Crippen molar-refractivity contribution in [3.05, 3.63) is 57.8 Å². The van der Waals surface area contributed by atoms with E-state index in [1.54, 1.807) is 18.4 Å². The maximum absolute atomic E-state index is 12.7. The van der Waals surface area contributed by atoms with Crippen LogP contribution in [0, 0.1) is 0 Å². The molecule has 29 heavy (non-hydrogen) atoms. The second-order valence-corrected chi connectivity index (χ2v) is 9.07. The van der Waals surface area contributed by atoms with Crippen LogP contribution in [-0.2, 0) is 23.2 Å². The fourth-order valence-electron chi connectivity index (χ4n) is 4.62. The lowest BCUT2D eigenvalue weighted by atomic mass is 9.79. The van der Waals surface area contributed by atoms with E-state index in [-0.39, 0.29) is 17.9 Å². The van der Waals surface area contributed by atoms with Crippen LogP contribution in [0.5, 0.6) is 0 Å². The molecule has 2 N–H and O–H groups in total. The van der Waals surface area contributed by atoms with Gasteiger partial charge in [-0.25, -0.2) is 0 Å². The predicted molar refractivity (Wildman–Crippen MR) is 119 cm³/mol. The van der Waals surface area contributed by atoms with Crippen LogP contribution < -0.4 is 10.6 Å². The van der Waals surface area contributed by atoms with E-state index in [0.717, 1.165) is 26.1 Å². The van der Waals surface area contributed by atoms with Gasteiger partial charge in [0.15, 0.2) is 5.96 Å². The number of hydrogen-bond donors (Lipinski definition) is 2. The highest BCUT2D eigenvalue weighted by molar-refractivity contribution is 7.10. The smallest absolute Gasteiger partial charge is 0.242 e. The zero-order valence-electron chi connectivity index (χ0n) is 17.1. The fraction of sp³-hybridized carbons (Fsp3) is 0.478. The standard InChI is InChI=1S/C23H30N4OS/c1-24-22(25-15-21(28)27-13-9-20-18(16-27)10-14-29-20)26-17-23(11-5-6-12-23)19-7-3-2-4-8-19/h2-4,7-8,10,14H,5-6,9,11-13,15-17H2,1H3,(H2,24,25,26). The van der Waals surface area contributed by atoms with Crippen molar-refractivity contribution < 1.29 is 4.79 Å². The SMILES string of the molecule is CN=C(NCC(=O)N1CCc2sccc2C1)NCC1(c2ccccc2)CCCC1. The molecule has 1 aromatic carbocycles. The van der Waals surface area contributed by atoms with Gasteiger partial charge in [0, 0.05) is 37.0 Å². The van der Waals surface area contributed by atoms with Gasteiger partial charge in [-0.05, 0) is 41.8 Å². The number of thiophene rings is 1. The minimum atomic E-state index is 0.128. The van der Waals surface area contributed by atoms with Crippen LogP contribution in [0.25, 0.3) is 0 Å². The molecule has 0 atom stereocenters. The Kier molecular flexibility index (Phi) is 6.19. The van der Waals surface area contributed by atoms with Gasteiger partial charge in [0.1, 0.15) is 0 Å². The van der Waals surface area contributed by atoms with Gasteiger partial charge in [0.25, 0.3) is 0 Å². The van der Waals surface area contributed by atoms with Crippen LogP contribution in [-0.4, -0.2) is 43.4 Å². The molecule has 2 aliphatic rings. The molecular weight excluding hydrogens is 380 g/mol. The highest BCUT2D eigenvalue weighted by Gasteiger charge is 2.35. The van der Waals surface area contributed by atoms with Gasteiger partial charge in [0.2, 0.25) is 5.91 Å². The van der Waals surface area contributed by atoms with Gasteiger partial charge in [0.05, 0.1) is 6.54 Å². The molecular formula is C23H30N4OS. The molecule has 1 aliphatic carbocycles. The number of rotatable bonds is 5. The minimum absolute atomic E-state index is 0.128. The first-order valence-corrected chi connectivity index (χ1v) is 11.4. The van der Waals surface area contributed by atoms with E-state index in [1.165, 1.54) is 41.7 Å².